The summed E-state index contributed by atoms with van der Waals surface area (Å²) < 4.78 is 6.36. The van der Waals surface area contributed by atoms with E-state index in [2.05, 4.69) is 10.6 Å². The molecule has 1 aromatic heterocycles. The molecule has 0 saturated heterocycles. The van der Waals surface area contributed by atoms with Crippen molar-refractivity contribution in [3.63, 3.8) is 0 Å². The molecule has 1 heterocycles. The lowest BCUT2D eigenvalue weighted by molar-refractivity contribution is -0.384. The Morgan fingerprint density at radius 3 is 2.57 bits per heavy atom. The van der Waals surface area contributed by atoms with E-state index in [0.717, 1.165) is 5.56 Å². The van der Waals surface area contributed by atoms with Gasteiger partial charge in [0.25, 0.3) is 5.69 Å². The number of aromatic nitrogens is 1. The SMILES string of the molecule is O=C(CCCn1c(=O)oc2cc([N+](=O)[O-])ccc21)NCC(=O)NCc1ccccc1. The van der Waals surface area contributed by atoms with Gasteiger partial charge in [0.15, 0.2) is 5.58 Å². The van der Waals surface area contributed by atoms with Crippen LogP contribution in [0.15, 0.2) is 57.7 Å². The summed E-state index contributed by atoms with van der Waals surface area (Å²) in [4.78, 5) is 46.0. The Kier molecular flexibility index (Phi) is 6.58. The van der Waals surface area contributed by atoms with Crippen molar-refractivity contribution in [3.05, 3.63) is 74.8 Å². The fourth-order valence-electron chi connectivity index (χ4n) is 2.90. The zero-order chi connectivity index (χ0) is 21.5. The number of rotatable bonds is 9. The highest BCUT2D eigenvalue weighted by Crippen LogP contribution is 2.20. The average Bonchev–Trinajstić information content (AvgIpc) is 3.05. The number of non-ortho nitro benzene ring substituents is 1. The van der Waals surface area contributed by atoms with Gasteiger partial charge in [-0.2, -0.15) is 0 Å². The van der Waals surface area contributed by atoms with Crippen molar-refractivity contribution in [2.75, 3.05) is 6.54 Å². The largest absolute Gasteiger partial charge is 0.419 e. The lowest BCUT2D eigenvalue weighted by Crippen LogP contribution is -2.36. The number of carbonyl (C=O) groups excluding carboxylic acids is 2. The van der Waals surface area contributed by atoms with Crippen molar-refractivity contribution in [1.82, 2.24) is 15.2 Å². The highest BCUT2D eigenvalue weighted by molar-refractivity contribution is 5.84. The number of amides is 2. The van der Waals surface area contributed by atoms with Gasteiger partial charge in [0.05, 0.1) is 23.1 Å². The van der Waals surface area contributed by atoms with Crippen LogP contribution in [0.2, 0.25) is 0 Å². The molecular weight excluding hydrogens is 392 g/mol. The van der Waals surface area contributed by atoms with Gasteiger partial charge < -0.3 is 15.1 Å². The molecule has 0 atom stereocenters. The third-order valence-electron chi connectivity index (χ3n) is 4.43. The summed E-state index contributed by atoms with van der Waals surface area (Å²) in [7, 11) is 0. The number of fused-ring (bicyclic) bond motifs is 1. The van der Waals surface area contributed by atoms with Crippen molar-refractivity contribution in [3.8, 4) is 0 Å². The first-order valence-corrected chi connectivity index (χ1v) is 9.29. The molecule has 10 nitrogen and oxygen atoms in total. The van der Waals surface area contributed by atoms with Crippen LogP contribution in [-0.2, 0) is 22.7 Å². The van der Waals surface area contributed by atoms with Gasteiger partial charge in [-0.1, -0.05) is 30.3 Å². The van der Waals surface area contributed by atoms with E-state index in [1.807, 2.05) is 30.3 Å². The molecule has 2 amide bonds. The van der Waals surface area contributed by atoms with Gasteiger partial charge in [0.1, 0.15) is 0 Å². The molecule has 0 bridgehead atoms. The Labute approximate surface area is 170 Å². The Morgan fingerprint density at radius 2 is 1.83 bits per heavy atom. The van der Waals surface area contributed by atoms with Crippen LogP contribution in [0.3, 0.4) is 0 Å². The maximum absolute atomic E-state index is 12.0. The average molecular weight is 412 g/mol. The van der Waals surface area contributed by atoms with E-state index in [1.165, 1.54) is 22.8 Å². The zero-order valence-corrected chi connectivity index (χ0v) is 16.0. The van der Waals surface area contributed by atoms with Crippen LogP contribution in [0.5, 0.6) is 0 Å². The molecule has 0 radical (unpaired) electrons. The molecule has 0 unspecified atom stereocenters. The molecule has 156 valence electrons. The second-order valence-corrected chi connectivity index (χ2v) is 6.57. The molecule has 3 aromatic rings. The first kappa shape index (κ1) is 20.8. The van der Waals surface area contributed by atoms with Crippen molar-refractivity contribution in [2.24, 2.45) is 0 Å². The van der Waals surface area contributed by atoms with Crippen LogP contribution in [-0.4, -0.2) is 27.8 Å². The number of nitrogens with one attached hydrogen (secondary N) is 2. The summed E-state index contributed by atoms with van der Waals surface area (Å²) >= 11 is 0. The van der Waals surface area contributed by atoms with E-state index in [0.29, 0.717) is 18.5 Å². The van der Waals surface area contributed by atoms with Gasteiger partial charge in [-0.05, 0) is 18.1 Å². The van der Waals surface area contributed by atoms with E-state index in [4.69, 9.17) is 4.42 Å². The summed E-state index contributed by atoms with van der Waals surface area (Å²) in [5.74, 6) is -1.27. The number of benzene rings is 2. The third kappa shape index (κ3) is 5.31. The zero-order valence-electron chi connectivity index (χ0n) is 16.0. The Bertz CT molecular complexity index is 1120. The van der Waals surface area contributed by atoms with E-state index < -0.39 is 10.7 Å². The van der Waals surface area contributed by atoms with Crippen molar-refractivity contribution in [2.45, 2.75) is 25.9 Å². The number of nitrogens with zero attached hydrogens (tertiary/aromatic N) is 2. The minimum atomic E-state index is -0.647. The number of nitro groups is 1. The molecule has 0 fully saturated rings. The molecule has 0 aliphatic carbocycles. The van der Waals surface area contributed by atoms with Crippen LogP contribution >= 0.6 is 0 Å². The first-order chi connectivity index (χ1) is 14.4. The summed E-state index contributed by atoms with van der Waals surface area (Å²) in [5, 5.41) is 16.1. The maximum atomic E-state index is 12.0. The monoisotopic (exact) mass is 412 g/mol. The van der Waals surface area contributed by atoms with E-state index >= 15 is 0 Å². The standard InChI is InChI=1S/C20H20N4O6/c25-18(22-13-19(26)21-12-14-5-2-1-3-6-14)7-4-10-23-16-9-8-15(24(28)29)11-17(16)30-20(23)27/h1-3,5-6,8-9,11H,4,7,10,12-13H2,(H,21,26)(H,22,25). The molecule has 30 heavy (non-hydrogen) atoms. The quantitative estimate of drug-likeness (QED) is 0.406. The van der Waals surface area contributed by atoms with Crippen LogP contribution in [0.25, 0.3) is 11.1 Å². The fourth-order valence-corrected chi connectivity index (χ4v) is 2.90. The second-order valence-electron chi connectivity index (χ2n) is 6.57. The Morgan fingerprint density at radius 1 is 1.07 bits per heavy atom. The number of carbonyl (C=O) groups is 2. The number of nitro benzene ring substituents is 1. The smallest absolute Gasteiger partial charge is 0.407 e. The van der Waals surface area contributed by atoms with Gasteiger partial charge in [-0.25, -0.2) is 4.79 Å². The molecule has 3 rings (SSSR count). The lowest BCUT2D eigenvalue weighted by atomic mass is 10.2. The van der Waals surface area contributed by atoms with Crippen molar-refractivity contribution >= 4 is 28.6 Å². The molecule has 0 aliphatic rings. The van der Waals surface area contributed by atoms with Gasteiger partial charge in [-0.3, -0.25) is 24.3 Å². The van der Waals surface area contributed by atoms with Crippen LogP contribution < -0.4 is 16.4 Å². The van der Waals surface area contributed by atoms with Gasteiger partial charge in [0, 0.05) is 25.6 Å². The lowest BCUT2D eigenvalue weighted by Gasteiger charge is -2.07. The summed E-state index contributed by atoms with van der Waals surface area (Å²) in [6, 6.07) is 13.3. The number of oxazole rings is 1. The normalized spacial score (nSPS) is 10.7. The van der Waals surface area contributed by atoms with Crippen LogP contribution in [0.1, 0.15) is 18.4 Å². The van der Waals surface area contributed by atoms with Crippen LogP contribution in [0, 0.1) is 10.1 Å². The first-order valence-electron chi connectivity index (χ1n) is 9.29. The third-order valence-corrected chi connectivity index (χ3v) is 4.43. The minimum Gasteiger partial charge on any atom is -0.407 e. The molecule has 0 saturated carbocycles. The highest BCUT2D eigenvalue weighted by atomic mass is 16.6. The molecule has 2 aromatic carbocycles. The number of aryl methyl sites for hydroxylation is 1. The van der Waals surface area contributed by atoms with Gasteiger partial charge in [0.2, 0.25) is 11.8 Å². The van der Waals surface area contributed by atoms with Crippen molar-refractivity contribution in [1.29, 1.82) is 0 Å². The van der Waals surface area contributed by atoms with E-state index in [-0.39, 0.29) is 42.6 Å². The van der Waals surface area contributed by atoms with Crippen LogP contribution in [0.4, 0.5) is 5.69 Å². The van der Waals surface area contributed by atoms with E-state index in [9.17, 15) is 24.5 Å². The summed E-state index contributed by atoms with van der Waals surface area (Å²) in [6.45, 7) is 0.450. The predicted molar refractivity (Wildman–Crippen MR) is 108 cm³/mol. The van der Waals surface area contributed by atoms with Gasteiger partial charge >= 0.3 is 5.76 Å². The summed E-state index contributed by atoms with van der Waals surface area (Å²) in [6.07, 6.45) is 0.445. The van der Waals surface area contributed by atoms with Gasteiger partial charge in [-0.15, -0.1) is 0 Å². The number of hydrogen-bond donors (Lipinski definition) is 2. The minimum absolute atomic E-state index is 0.109. The number of hydrogen-bond acceptors (Lipinski definition) is 6. The van der Waals surface area contributed by atoms with Crippen molar-refractivity contribution < 1.29 is 18.9 Å². The summed E-state index contributed by atoms with van der Waals surface area (Å²) in [5.41, 5.74) is 1.33. The second kappa shape index (κ2) is 9.50. The predicted octanol–water partition coefficient (Wildman–Crippen LogP) is 1.72. The Balaban J connectivity index is 1.44. The maximum Gasteiger partial charge on any atom is 0.419 e. The highest BCUT2D eigenvalue weighted by Gasteiger charge is 2.14. The molecule has 10 heteroatoms. The molecule has 0 spiro atoms. The topological polar surface area (TPSA) is 136 Å². The molecule has 0 aliphatic heterocycles. The van der Waals surface area contributed by atoms with E-state index in [1.54, 1.807) is 0 Å². The Hall–Kier alpha value is -3.95. The molecular formula is C20H20N4O6. The fraction of sp³-hybridized carbons (Fsp3) is 0.250. The molecule has 2 N–H and O–H groups in total.